The van der Waals surface area contributed by atoms with Crippen molar-refractivity contribution in [3.05, 3.63) is 47.7 Å². The second-order valence-corrected chi connectivity index (χ2v) is 10.8. The van der Waals surface area contributed by atoms with Gasteiger partial charge >= 0.3 is 6.01 Å². The predicted octanol–water partition coefficient (Wildman–Crippen LogP) is 3.72. The fourth-order valence-electron chi connectivity index (χ4n) is 6.11. The molecule has 6 rings (SSSR count). The van der Waals surface area contributed by atoms with Crippen molar-refractivity contribution in [3.63, 3.8) is 0 Å². The number of benzene rings is 2. The highest BCUT2D eigenvalue weighted by Gasteiger charge is 2.29. The summed E-state index contributed by atoms with van der Waals surface area (Å²) in [5.74, 6) is 1.24. The van der Waals surface area contributed by atoms with Gasteiger partial charge in [0, 0.05) is 48.4 Å². The van der Waals surface area contributed by atoms with Gasteiger partial charge in [-0.2, -0.15) is 9.97 Å². The summed E-state index contributed by atoms with van der Waals surface area (Å²) in [6.45, 7) is 4.82. The lowest BCUT2D eigenvalue weighted by Gasteiger charge is -2.34. The molecule has 1 aromatic heterocycles. The van der Waals surface area contributed by atoms with Crippen LogP contribution in [0.25, 0.3) is 10.8 Å². The lowest BCUT2D eigenvalue weighted by molar-refractivity contribution is 0.161. The first-order valence-electron chi connectivity index (χ1n) is 13.7. The zero-order valence-electron chi connectivity index (χ0n) is 21.6. The fraction of sp³-hybridized carbons (Fsp3) is 0.517. The molecule has 2 fully saturated rings. The van der Waals surface area contributed by atoms with Crippen LogP contribution >= 0.6 is 0 Å². The standard InChI is InChI=1S/C29H37N5O3/c1-32-12-4-7-21(32)19-37-29-30-26-18-34(27-17-23(36)16-20-6-2-3-9-24(20)27)15-11-25(26)28(31-29)33-13-5-8-22(35)10-14-33/h2-3,6,9,16-17,21-22,35-36H,4-5,7-8,10-15,18-19H2,1H3/t21-,22?/m0/s1. The van der Waals surface area contributed by atoms with Gasteiger partial charge in [0.1, 0.15) is 18.2 Å². The minimum Gasteiger partial charge on any atom is -0.508 e. The molecule has 0 spiro atoms. The van der Waals surface area contributed by atoms with Gasteiger partial charge in [-0.05, 0) is 63.6 Å². The van der Waals surface area contributed by atoms with Gasteiger partial charge in [-0.3, -0.25) is 0 Å². The van der Waals surface area contributed by atoms with Gasteiger partial charge in [-0.1, -0.05) is 24.3 Å². The Morgan fingerprint density at radius 3 is 2.70 bits per heavy atom. The number of fused-ring (bicyclic) bond motifs is 2. The highest BCUT2D eigenvalue weighted by Crippen LogP contribution is 2.36. The van der Waals surface area contributed by atoms with Gasteiger partial charge in [0.25, 0.3) is 0 Å². The van der Waals surface area contributed by atoms with Crippen molar-refractivity contribution in [1.29, 1.82) is 0 Å². The molecule has 2 atom stereocenters. The SMILES string of the molecule is CN1CCC[C@H]1COc1nc2c(c(N3CCCC(O)CC3)n1)CCN(c1cc(O)cc3ccccc13)C2. The number of ether oxygens (including phenoxy) is 1. The minimum absolute atomic E-state index is 0.245. The fourth-order valence-corrected chi connectivity index (χ4v) is 6.11. The molecule has 4 heterocycles. The zero-order chi connectivity index (χ0) is 25.4. The average molecular weight is 504 g/mol. The van der Waals surface area contributed by atoms with Gasteiger partial charge < -0.3 is 29.6 Å². The third-order valence-corrected chi connectivity index (χ3v) is 8.26. The number of aliphatic hydroxyl groups is 1. The first-order chi connectivity index (χ1) is 18.0. The molecule has 1 unspecified atom stereocenters. The monoisotopic (exact) mass is 503 g/mol. The first-order valence-corrected chi connectivity index (χ1v) is 13.7. The molecule has 2 saturated heterocycles. The lowest BCUT2D eigenvalue weighted by atomic mass is 10.0. The van der Waals surface area contributed by atoms with Gasteiger partial charge in [0.2, 0.25) is 0 Å². The summed E-state index contributed by atoms with van der Waals surface area (Å²) < 4.78 is 6.24. The van der Waals surface area contributed by atoms with E-state index in [1.165, 1.54) is 12.0 Å². The number of hydrogen-bond acceptors (Lipinski definition) is 8. The molecule has 0 amide bonds. The molecule has 2 aromatic carbocycles. The van der Waals surface area contributed by atoms with Crippen LogP contribution in [0.15, 0.2) is 36.4 Å². The van der Waals surface area contributed by atoms with Crippen LogP contribution in [0.3, 0.4) is 0 Å². The number of rotatable bonds is 5. The van der Waals surface area contributed by atoms with Crippen LogP contribution < -0.4 is 14.5 Å². The maximum atomic E-state index is 10.4. The topological polar surface area (TPSA) is 85.2 Å². The molecular formula is C29H37N5O3. The third kappa shape index (κ3) is 5.05. The number of aromatic nitrogens is 2. The lowest BCUT2D eigenvalue weighted by Crippen LogP contribution is -2.35. The van der Waals surface area contributed by atoms with Gasteiger partial charge in [0.15, 0.2) is 0 Å². The molecule has 0 bridgehead atoms. The summed E-state index contributed by atoms with van der Waals surface area (Å²) in [6.07, 6.45) is 5.44. The summed E-state index contributed by atoms with van der Waals surface area (Å²) in [5, 5.41) is 22.8. The molecule has 0 aliphatic carbocycles. The van der Waals surface area contributed by atoms with E-state index in [0.717, 1.165) is 86.3 Å². The van der Waals surface area contributed by atoms with Crippen LogP contribution in [-0.2, 0) is 13.0 Å². The number of aliphatic hydroxyl groups excluding tert-OH is 1. The summed E-state index contributed by atoms with van der Waals surface area (Å²) in [5.41, 5.74) is 3.19. The first kappa shape index (κ1) is 24.2. The quantitative estimate of drug-likeness (QED) is 0.545. The third-order valence-electron chi connectivity index (χ3n) is 8.26. The Kier molecular flexibility index (Phi) is 6.78. The highest BCUT2D eigenvalue weighted by atomic mass is 16.5. The Hall–Kier alpha value is -3.10. The van der Waals surface area contributed by atoms with E-state index in [2.05, 4.69) is 27.8 Å². The largest absolute Gasteiger partial charge is 0.508 e. The minimum atomic E-state index is -0.245. The van der Waals surface area contributed by atoms with Crippen LogP contribution in [0.2, 0.25) is 0 Å². The number of aromatic hydroxyl groups is 1. The maximum Gasteiger partial charge on any atom is 0.318 e. The number of likely N-dealkylation sites (tertiary alicyclic amines) is 1. The van der Waals surface area contributed by atoms with E-state index in [1.54, 1.807) is 0 Å². The van der Waals surface area contributed by atoms with Crippen molar-refractivity contribution >= 4 is 22.3 Å². The normalized spacial score (nSPS) is 22.8. The van der Waals surface area contributed by atoms with Gasteiger partial charge in [-0.25, -0.2) is 0 Å². The molecule has 0 saturated carbocycles. The molecule has 3 aliphatic heterocycles. The summed E-state index contributed by atoms with van der Waals surface area (Å²) in [4.78, 5) is 16.9. The van der Waals surface area contributed by atoms with Crippen LogP contribution in [0.4, 0.5) is 11.5 Å². The van der Waals surface area contributed by atoms with E-state index in [9.17, 15) is 10.2 Å². The molecule has 8 heteroatoms. The highest BCUT2D eigenvalue weighted by molar-refractivity contribution is 5.95. The second kappa shape index (κ2) is 10.3. The molecule has 3 aromatic rings. The van der Waals surface area contributed by atoms with Crippen LogP contribution in [0.1, 0.15) is 43.4 Å². The Morgan fingerprint density at radius 1 is 0.973 bits per heavy atom. The van der Waals surface area contributed by atoms with E-state index < -0.39 is 0 Å². The summed E-state index contributed by atoms with van der Waals surface area (Å²) >= 11 is 0. The van der Waals surface area contributed by atoms with E-state index in [-0.39, 0.29) is 11.9 Å². The smallest absolute Gasteiger partial charge is 0.318 e. The number of phenolic OH excluding ortho intramolecular Hbond substituents is 1. The zero-order valence-corrected chi connectivity index (χ0v) is 21.6. The van der Waals surface area contributed by atoms with Crippen molar-refractivity contribution in [3.8, 4) is 11.8 Å². The Bertz CT molecular complexity index is 1270. The van der Waals surface area contributed by atoms with Gasteiger partial charge in [0.05, 0.1) is 18.3 Å². The van der Waals surface area contributed by atoms with E-state index >= 15 is 0 Å². The second-order valence-electron chi connectivity index (χ2n) is 10.8. The summed E-state index contributed by atoms with van der Waals surface area (Å²) in [6, 6.07) is 12.7. The molecule has 3 aliphatic rings. The van der Waals surface area contributed by atoms with Crippen molar-refractivity contribution in [2.75, 3.05) is 49.6 Å². The summed E-state index contributed by atoms with van der Waals surface area (Å²) in [7, 11) is 2.15. The van der Waals surface area contributed by atoms with E-state index in [0.29, 0.717) is 25.2 Å². The molecular weight excluding hydrogens is 466 g/mol. The Morgan fingerprint density at radius 2 is 1.84 bits per heavy atom. The van der Waals surface area contributed by atoms with Crippen molar-refractivity contribution in [1.82, 2.24) is 14.9 Å². The Balaban J connectivity index is 1.34. The van der Waals surface area contributed by atoms with E-state index in [4.69, 9.17) is 14.7 Å². The predicted molar refractivity (Wildman–Crippen MR) is 146 cm³/mol. The number of anilines is 2. The van der Waals surface area contributed by atoms with Crippen molar-refractivity contribution in [2.24, 2.45) is 0 Å². The van der Waals surface area contributed by atoms with Crippen molar-refractivity contribution < 1.29 is 14.9 Å². The van der Waals surface area contributed by atoms with Crippen LogP contribution in [0, 0.1) is 0 Å². The average Bonchev–Trinajstić information content (AvgIpc) is 3.19. The Labute approximate surface area is 218 Å². The molecule has 0 radical (unpaired) electrons. The van der Waals surface area contributed by atoms with Crippen molar-refractivity contribution in [2.45, 2.75) is 57.2 Å². The maximum absolute atomic E-state index is 10.4. The molecule has 2 N–H and O–H groups in total. The molecule has 37 heavy (non-hydrogen) atoms. The molecule has 8 nitrogen and oxygen atoms in total. The van der Waals surface area contributed by atoms with E-state index in [1.807, 2.05) is 30.3 Å². The number of nitrogens with zero attached hydrogens (tertiary/aromatic N) is 5. The molecule has 196 valence electrons. The number of hydrogen-bond donors (Lipinski definition) is 2. The number of likely N-dealkylation sites (N-methyl/N-ethyl adjacent to an activating group) is 1. The van der Waals surface area contributed by atoms with Crippen LogP contribution in [-0.4, -0.2) is 77.1 Å². The van der Waals surface area contributed by atoms with Crippen LogP contribution in [0.5, 0.6) is 11.8 Å². The van der Waals surface area contributed by atoms with Gasteiger partial charge in [-0.15, -0.1) is 0 Å². The number of phenols is 1.